The van der Waals surface area contributed by atoms with Crippen LogP contribution in [0.4, 0.5) is 0 Å². The zero-order valence-corrected chi connectivity index (χ0v) is 12.2. The summed E-state index contributed by atoms with van der Waals surface area (Å²) in [4.78, 5) is 0. The highest BCUT2D eigenvalue weighted by Gasteiger charge is 2.35. The molecule has 3 N–H and O–H groups in total. The highest BCUT2D eigenvalue weighted by Crippen LogP contribution is 2.31. The molecule has 0 bridgehead atoms. The van der Waals surface area contributed by atoms with E-state index >= 15 is 0 Å². The molecule has 5 heteroatoms. The van der Waals surface area contributed by atoms with Crippen molar-refractivity contribution in [1.29, 1.82) is 0 Å². The Labute approximate surface area is 119 Å². The normalized spacial score (nSPS) is 15.8. The smallest absolute Gasteiger partial charge is 0.0919 e. The molecule has 0 amide bonds. The van der Waals surface area contributed by atoms with Crippen molar-refractivity contribution >= 4 is 0 Å². The number of rotatable bonds is 6. The van der Waals surface area contributed by atoms with E-state index in [4.69, 9.17) is 10.6 Å². The van der Waals surface area contributed by atoms with E-state index < -0.39 is 5.60 Å². The van der Waals surface area contributed by atoms with Crippen LogP contribution in [0.3, 0.4) is 0 Å². The number of nitrogens with zero attached hydrogens (tertiary/aromatic N) is 2. The third-order valence-corrected chi connectivity index (χ3v) is 3.91. The van der Waals surface area contributed by atoms with E-state index in [1.165, 1.54) is 0 Å². The molecule has 0 fully saturated rings. The van der Waals surface area contributed by atoms with E-state index in [1.807, 2.05) is 48.0 Å². The second kappa shape index (κ2) is 6.17. The van der Waals surface area contributed by atoms with Gasteiger partial charge in [-0.2, -0.15) is 5.10 Å². The Kier molecular flexibility index (Phi) is 4.54. The largest absolute Gasteiger partial charge is 0.376 e. The van der Waals surface area contributed by atoms with Crippen molar-refractivity contribution in [3.8, 4) is 5.69 Å². The first kappa shape index (κ1) is 14.7. The number of hydrogen-bond acceptors (Lipinski definition) is 4. The molecule has 5 nitrogen and oxygen atoms in total. The van der Waals surface area contributed by atoms with Gasteiger partial charge < -0.3 is 4.74 Å². The quantitative estimate of drug-likeness (QED) is 0.626. The summed E-state index contributed by atoms with van der Waals surface area (Å²) < 4.78 is 7.56. The number of hydrazine groups is 1. The van der Waals surface area contributed by atoms with Crippen LogP contribution in [0.15, 0.2) is 42.6 Å². The number of aromatic nitrogens is 2. The zero-order chi connectivity index (χ0) is 14.6. The van der Waals surface area contributed by atoms with Crippen LogP contribution in [0.5, 0.6) is 0 Å². The first-order chi connectivity index (χ1) is 9.66. The zero-order valence-electron chi connectivity index (χ0n) is 12.2. The first-order valence-electron chi connectivity index (χ1n) is 6.77. The fourth-order valence-electron chi connectivity index (χ4n) is 2.36. The lowest BCUT2D eigenvalue weighted by molar-refractivity contribution is -0.0317. The molecule has 2 unspecified atom stereocenters. The predicted octanol–water partition coefficient (Wildman–Crippen LogP) is 2.19. The van der Waals surface area contributed by atoms with Gasteiger partial charge in [0.25, 0.3) is 0 Å². The molecule has 2 atom stereocenters. The average molecular weight is 274 g/mol. The van der Waals surface area contributed by atoms with Gasteiger partial charge in [-0.15, -0.1) is 0 Å². The van der Waals surface area contributed by atoms with Gasteiger partial charge in [0.2, 0.25) is 0 Å². The minimum Gasteiger partial charge on any atom is -0.376 e. The van der Waals surface area contributed by atoms with Crippen LogP contribution in [-0.2, 0) is 4.74 Å². The van der Waals surface area contributed by atoms with Crippen LogP contribution in [0.25, 0.3) is 5.69 Å². The summed E-state index contributed by atoms with van der Waals surface area (Å²) in [5, 5.41) is 4.40. The van der Waals surface area contributed by atoms with E-state index in [1.54, 1.807) is 13.3 Å². The number of hydrogen-bond donors (Lipinski definition) is 2. The van der Waals surface area contributed by atoms with Crippen molar-refractivity contribution in [2.45, 2.75) is 31.9 Å². The molecule has 0 radical (unpaired) electrons. The summed E-state index contributed by atoms with van der Waals surface area (Å²) in [5.74, 6) is 5.78. The molecule has 0 aliphatic rings. The van der Waals surface area contributed by atoms with Crippen LogP contribution in [0, 0.1) is 0 Å². The van der Waals surface area contributed by atoms with Crippen molar-refractivity contribution in [2.24, 2.45) is 5.84 Å². The van der Waals surface area contributed by atoms with Gasteiger partial charge in [-0.3, -0.25) is 5.84 Å². The monoisotopic (exact) mass is 274 g/mol. The maximum Gasteiger partial charge on any atom is 0.0919 e. The van der Waals surface area contributed by atoms with E-state index in [-0.39, 0.29) is 6.04 Å². The van der Waals surface area contributed by atoms with E-state index in [0.717, 1.165) is 17.8 Å². The number of nitrogens with one attached hydrogen (secondary N) is 1. The SMILES string of the molecule is CCC(C)(OC)C(NN)c1ccnn1-c1ccccc1. The summed E-state index contributed by atoms with van der Waals surface area (Å²) in [7, 11) is 1.71. The fourth-order valence-corrected chi connectivity index (χ4v) is 2.36. The van der Waals surface area contributed by atoms with Crippen molar-refractivity contribution in [3.63, 3.8) is 0 Å². The summed E-state index contributed by atoms with van der Waals surface area (Å²) in [6, 6.07) is 11.8. The van der Waals surface area contributed by atoms with Gasteiger partial charge in [0.1, 0.15) is 0 Å². The Bertz CT molecular complexity index is 534. The van der Waals surface area contributed by atoms with Crippen LogP contribution >= 0.6 is 0 Å². The minimum absolute atomic E-state index is 0.153. The van der Waals surface area contributed by atoms with E-state index in [2.05, 4.69) is 17.4 Å². The Hall–Kier alpha value is -1.69. The summed E-state index contributed by atoms with van der Waals surface area (Å²) >= 11 is 0. The molecule has 0 aliphatic carbocycles. The maximum absolute atomic E-state index is 5.78. The van der Waals surface area contributed by atoms with Gasteiger partial charge >= 0.3 is 0 Å². The maximum atomic E-state index is 5.78. The second-order valence-electron chi connectivity index (χ2n) is 4.97. The highest BCUT2D eigenvalue weighted by molar-refractivity contribution is 5.33. The van der Waals surface area contributed by atoms with E-state index in [9.17, 15) is 0 Å². The number of nitrogens with two attached hydrogens (primary N) is 1. The molecule has 1 aromatic carbocycles. The van der Waals surface area contributed by atoms with Crippen LogP contribution in [0.1, 0.15) is 32.0 Å². The third-order valence-electron chi connectivity index (χ3n) is 3.91. The summed E-state index contributed by atoms with van der Waals surface area (Å²) in [5.41, 5.74) is 4.45. The average Bonchev–Trinajstić information content (AvgIpc) is 2.97. The number of para-hydroxylation sites is 1. The fraction of sp³-hybridized carbons (Fsp3) is 0.400. The van der Waals surface area contributed by atoms with Crippen molar-refractivity contribution in [1.82, 2.24) is 15.2 Å². The number of ether oxygens (including phenoxy) is 1. The number of benzene rings is 1. The summed E-state index contributed by atoms with van der Waals surface area (Å²) in [6.45, 7) is 4.12. The summed E-state index contributed by atoms with van der Waals surface area (Å²) in [6.07, 6.45) is 2.61. The molecule has 1 aromatic heterocycles. The third kappa shape index (κ3) is 2.60. The molecule has 0 aliphatic heterocycles. The van der Waals surface area contributed by atoms with Gasteiger partial charge in [0, 0.05) is 13.3 Å². The molecule has 0 saturated heterocycles. The number of methoxy groups -OCH3 is 1. The van der Waals surface area contributed by atoms with Gasteiger partial charge in [-0.05, 0) is 31.5 Å². The highest BCUT2D eigenvalue weighted by atomic mass is 16.5. The second-order valence-corrected chi connectivity index (χ2v) is 4.97. The van der Waals surface area contributed by atoms with Crippen LogP contribution in [0.2, 0.25) is 0 Å². The Morgan fingerprint density at radius 2 is 2.05 bits per heavy atom. The van der Waals surface area contributed by atoms with Crippen molar-refractivity contribution in [3.05, 3.63) is 48.3 Å². The van der Waals surface area contributed by atoms with Gasteiger partial charge in [0.05, 0.1) is 23.0 Å². The molecule has 20 heavy (non-hydrogen) atoms. The standard InChI is InChI=1S/C15H22N4O/c1-4-15(2,20-3)14(18-16)13-10-11-17-19(13)12-8-6-5-7-9-12/h5-11,14,18H,4,16H2,1-3H3. The molecule has 2 aromatic rings. The van der Waals surface area contributed by atoms with Crippen molar-refractivity contribution in [2.75, 3.05) is 7.11 Å². The van der Waals surface area contributed by atoms with Crippen LogP contribution in [-0.4, -0.2) is 22.5 Å². The van der Waals surface area contributed by atoms with Gasteiger partial charge in [0.15, 0.2) is 0 Å². The van der Waals surface area contributed by atoms with Gasteiger partial charge in [-0.25, -0.2) is 10.1 Å². The Morgan fingerprint density at radius 3 is 2.60 bits per heavy atom. The van der Waals surface area contributed by atoms with E-state index in [0.29, 0.717) is 0 Å². The molecule has 0 spiro atoms. The molecule has 2 rings (SSSR count). The molecular weight excluding hydrogens is 252 g/mol. The lowest BCUT2D eigenvalue weighted by Gasteiger charge is -2.35. The molecular formula is C15H22N4O. The minimum atomic E-state index is -0.401. The lowest BCUT2D eigenvalue weighted by Crippen LogP contribution is -2.46. The van der Waals surface area contributed by atoms with Crippen LogP contribution < -0.4 is 11.3 Å². The first-order valence-corrected chi connectivity index (χ1v) is 6.77. The van der Waals surface area contributed by atoms with Crippen molar-refractivity contribution < 1.29 is 4.74 Å². The molecule has 1 heterocycles. The molecule has 108 valence electrons. The lowest BCUT2D eigenvalue weighted by atomic mass is 9.91. The molecule has 0 saturated carbocycles. The Morgan fingerprint density at radius 1 is 1.35 bits per heavy atom. The Balaban J connectivity index is 2.45. The predicted molar refractivity (Wildman–Crippen MR) is 79.3 cm³/mol. The van der Waals surface area contributed by atoms with Gasteiger partial charge in [-0.1, -0.05) is 25.1 Å². The topological polar surface area (TPSA) is 65.1 Å².